The summed E-state index contributed by atoms with van der Waals surface area (Å²) in [6.45, 7) is -0.753. The monoisotopic (exact) mass is 365 g/mol. The van der Waals surface area contributed by atoms with Crippen molar-refractivity contribution >= 4 is 11.7 Å². The van der Waals surface area contributed by atoms with Crippen molar-refractivity contribution in [3.05, 3.63) is 58.6 Å². The van der Waals surface area contributed by atoms with Gasteiger partial charge in [0.1, 0.15) is 18.0 Å². The van der Waals surface area contributed by atoms with Crippen LogP contribution in [0.15, 0.2) is 47.4 Å². The number of benzene rings is 1. The highest BCUT2D eigenvalue weighted by molar-refractivity contribution is 6.03. The van der Waals surface area contributed by atoms with Crippen LogP contribution >= 0.6 is 0 Å². The molecule has 1 aromatic heterocycles. The number of alkyl halides is 1. The molecule has 0 bridgehead atoms. The number of hydrogen-bond donors (Lipinski definition) is 4. The Morgan fingerprint density at radius 1 is 1.35 bits per heavy atom. The van der Waals surface area contributed by atoms with Crippen LogP contribution in [-0.4, -0.2) is 55.4 Å². The van der Waals surface area contributed by atoms with Gasteiger partial charge in [0.2, 0.25) is 0 Å². The number of carbonyl (C=O) groups is 1. The largest absolute Gasteiger partial charge is 0.394 e. The lowest BCUT2D eigenvalue weighted by molar-refractivity contribution is -0.196. The van der Waals surface area contributed by atoms with Crippen LogP contribution in [-0.2, 0) is 4.74 Å². The lowest BCUT2D eigenvalue weighted by Gasteiger charge is -2.23. The van der Waals surface area contributed by atoms with E-state index < -0.39 is 42.5 Å². The molecule has 10 heteroatoms. The van der Waals surface area contributed by atoms with Crippen LogP contribution in [0.4, 0.5) is 10.2 Å². The first kappa shape index (κ1) is 18.1. The number of ether oxygens (including phenoxy) is 1. The molecule has 1 saturated heterocycles. The Labute approximate surface area is 146 Å². The number of anilines is 1. The molecular weight excluding hydrogens is 349 g/mol. The first-order chi connectivity index (χ1) is 12.3. The van der Waals surface area contributed by atoms with Gasteiger partial charge >= 0.3 is 5.69 Å². The molecule has 0 saturated carbocycles. The molecular formula is C16H16FN3O6. The van der Waals surface area contributed by atoms with E-state index in [0.717, 1.165) is 6.20 Å². The van der Waals surface area contributed by atoms with Gasteiger partial charge < -0.3 is 25.4 Å². The minimum atomic E-state index is -3.30. The highest BCUT2D eigenvalue weighted by Gasteiger charge is 2.57. The van der Waals surface area contributed by atoms with Crippen LogP contribution in [0.3, 0.4) is 0 Å². The molecule has 3 rings (SSSR count). The zero-order valence-electron chi connectivity index (χ0n) is 13.3. The molecule has 1 fully saturated rings. The van der Waals surface area contributed by atoms with Crippen molar-refractivity contribution in [2.45, 2.75) is 24.3 Å². The van der Waals surface area contributed by atoms with E-state index in [-0.39, 0.29) is 5.82 Å². The Hall–Kier alpha value is -2.66. The van der Waals surface area contributed by atoms with E-state index in [1.165, 1.54) is 6.07 Å². The molecule has 0 aliphatic carbocycles. The second-order valence-corrected chi connectivity index (χ2v) is 5.70. The second-order valence-electron chi connectivity index (χ2n) is 5.70. The topological polar surface area (TPSA) is 134 Å². The zero-order chi connectivity index (χ0) is 18.9. The van der Waals surface area contributed by atoms with E-state index in [0.29, 0.717) is 10.1 Å². The van der Waals surface area contributed by atoms with Crippen molar-refractivity contribution in [2.24, 2.45) is 0 Å². The summed E-state index contributed by atoms with van der Waals surface area (Å²) >= 11 is 0. The molecule has 0 radical (unpaired) electrons. The van der Waals surface area contributed by atoms with Crippen LogP contribution in [0.25, 0.3) is 0 Å². The Bertz CT molecular complexity index is 857. The van der Waals surface area contributed by atoms with Gasteiger partial charge in [-0.3, -0.25) is 9.36 Å². The van der Waals surface area contributed by atoms with E-state index in [9.17, 15) is 24.2 Å². The summed E-state index contributed by atoms with van der Waals surface area (Å²) in [4.78, 5) is 27.8. The van der Waals surface area contributed by atoms with Crippen molar-refractivity contribution in [1.29, 1.82) is 0 Å². The van der Waals surface area contributed by atoms with Crippen LogP contribution in [0.5, 0.6) is 0 Å². The quantitative estimate of drug-likeness (QED) is 0.569. The van der Waals surface area contributed by atoms with E-state index in [1.807, 2.05) is 0 Å². The number of rotatable bonds is 4. The molecule has 1 amide bonds. The van der Waals surface area contributed by atoms with Crippen molar-refractivity contribution < 1.29 is 29.2 Å². The molecule has 26 heavy (non-hydrogen) atoms. The number of nitrogens with one attached hydrogen (secondary N) is 1. The third-order valence-corrected chi connectivity index (χ3v) is 3.96. The van der Waals surface area contributed by atoms with Gasteiger partial charge in [0, 0.05) is 11.8 Å². The average Bonchev–Trinajstić information content (AvgIpc) is 2.85. The molecule has 1 aromatic carbocycles. The molecule has 138 valence electrons. The lowest BCUT2D eigenvalue weighted by atomic mass is 10.1. The number of hydrogen-bond acceptors (Lipinski definition) is 7. The predicted molar refractivity (Wildman–Crippen MR) is 86.0 cm³/mol. The van der Waals surface area contributed by atoms with Gasteiger partial charge in [-0.25, -0.2) is 9.18 Å². The standard InChI is InChI=1S/C16H16FN3O6/c17-16(25)12(22)10(8-21)26-14(16)20-7-6-11(19-15(20)24)18-13(23)9-4-2-1-3-5-9/h1-7,10,12,14,21-22,25H,8H2,(H,18,19,23,24)/t10-,12-,14-,16-/m1/s1. The highest BCUT2D eigenvalue weighted by atomic mass is 19.2. The summed E-state index contributed by atoms with van der Waals surface area (Å²) in [7, 11) is 0. The summed E-state index contributed by atoms with van der Waals surface area (Å²) in [6, 6.07) is 9.43. The third kappa shape index (κ3) is 3.22. The lowest BCUT2D eigenvalue weighted by Crippen LogP contribution is -2.45. The Balaban J connectivity index is 1.82. The molecule has 2 heterocycles. The second kappa shape index (κ2) is 6.92. The van der Waals surface area contributed by atoms with Gasteiger partial charge in [-0.05, 0) is 18.2 Å². The van der Waals surface area contributed by atoms with E-state index in [2.05, 4.69) is 10.3 Å². The van der Waals surface area contributed by atoms with E-state index in [1.54, 1.807) is 30.3 Å². The Kier molecular flexibility index (Phi) is 4.83. The molecule has 4 atom stereocenters. The number of aliphatic hydroxyl groups is 3. The number of carbonyl (C=O) groups excluding carboxylic acids is 1. The summed E-state index contributed by atoms with van der Waals surface area (Å²) in [5, 5.41) is 30.8. The summed E-state index contributed by atoms with van der Waals surface area (Å²) in [5.41, 5.74) is -0.674. The normalized spacial score (nSPS) is 28.1. The summed E-state index contributed by atoms with van der Waals surface area (Å²) < 4.78 is 19.9. The zero-order valence-corrected chi connectivity index (χ0v) is 13.3. The van der Waals surface area contributed by atoms with Gasteiger partial charge in [0.15, 0.2) is 6.23 Å². The highest BCUT2D eigenvalue weighted by Crippen LogP contribution is 2.38. The SMILES string of the molecule is O=C(Nc1ccn([C@@H]2O[C@H](CO)[C@@H](O)[C@]2(O)F)c(=O)n1)c1ccccc1. The first-order valence-electron chi connectivity index (χ1n) is 7.66. The van der Waals surface area contributed by atoms with Crippen LogP contribution in [0.2, 0.25) is 0 Å². The maximum atomic E-state index is 14.3. The fourth-order valence-corrected chi connectivity index (χ4v) is 2.58. The fraction of sp³-hybridized carbons (Fsp3) is 0.312. The maximum absolute atomic E-state index is 14.3. The minimum absolute atomic E-state index is 0.0836. The molecule has 2 aromatic rings. The third-order valence-electron chi connectivity index (χ3n) is 3.96. The summed E-state index contributed by atoms with van der Waals surface area (Å²) in [5.74, 6) is -3.88. The van der Waals surface area contributed by atoms with Crippen molar-refractivity contribution in [3.63, 3.8) is 0 Å². The molecule has 0 spiro atoms. The number of nitrogens with zero attached hydrogens (tertiary/aromatic N) is 2. The molecule has 9 nitrogen and oxygen atoms in total. The smallest absolute Gasteiger partial charge is 0.351 e. The van der Waals surface area contributed by atoms with E-state index >= 15 is 0 Å². The fourth-order valence-electron chi connectivity index (χ4n) is 2.58. The van der Waals surface area contributed by atoms with Crippen LogP contribution < -0.4 is 11.0 Å². The maximum Gasteiger partial charge on any atom is 0.351 e. The number of aromatic nitrogens is 2. The Morgan fingerprint density at radius 2 is 2.04 bits per heavy atom. The average molecular weight is 365 g/mol. The van der Waals surface area contributed by atoms with E-state index in [4.69, 9.17) is 9.84 Å². The van der Waals surface area contributed by atoms with Crippen LogP contribution in [0.1, 0.15) is 16.6 Å². The van der Waals surface area contributed by atoms with Gasteiger partial charge in [-0.2, -0.15) is 4.98 Å². The number of aliphatic hydroxyl groups excluding tert-OH is 2. The van der Waals surface area contributed by atoms with Crippen LogP contribution in [0, 0.1) is 0 Å². The minimum Gasteiger partial charge on any atom is -0.394 e. The number of halogens is 1. The predicted octanol–water partition coefficient (Wildman–Crippen LogP) is -0.596. The summed E-state index contributed by atoms with van der Waals surface area (Å²) in [6.07, 6.45) is -4.28. The van der Waals surface area contributed by atoms with Gasteiger partial charge in [0.25, 0.3) is 11.8 Å². The van der Waals surface area contributed by atoms with Crippen molar-refractivity contribution in [3.8, 4) is 0 Å². The van der Waals surface area contributed by atoms with Gasteiger partial charge in [-0.15, -0.1) is 0 Å². The number of amides is 1. The van der Waals surface area contributed by atoms with Gasteiger partial charge in [0.05, 0.1) is 6.61 Å². The first-order valence-corrected chi connectivity index (χ1v) is 7.66. The molecule has 0 unspecified atom stereocenters. The molecule has 4 N–H and O–H groups in total. The Morgan fingerprint density at radius 3 is 2.62 bits per heavy atom. The molecule has 1 aliphatic heterocycles. The van der Waals surface area contributed by atoms with Gasteiger partial charge in [-0.1, -0.05) is 18.2 Å². The molecule has 1 aliphatic rings. The van der Waals surface area contributed by atoms with Crippen molar-refractivity contribution in [1.82, 2.24) is 9.55 Å². The van der Waals surface area contributed by atoms with Crippen molar-refractivity contribution in [2.75, 3.05) is 11.9 Å².